The predicted molar refractivity (Wildman–Crippen MR) is 80.3 cm³/mol. The molecule has 2 rings (SSSR count). The van der Waals surface area contributed by atoms with E-state index in [0.717, 1.165) is 17.8 Å². The first-order chi connectivity index (χ1) is 9.61. The van der Waals surface area contributed by atoms with Crippen LogP contribution in [-0.2, 0) is 4.74 Å². The second-order valence-corrected chi connectivity index (χ2v) is 5.25. The average Bonchev–Trinajstić information content (AvgIpc) is 2.47. The van der Waals surface area contributed by atoms with Gasteiger partial charge in [0, 0.05) is 45.0 Å². The highest BCUT2D eigenvalue weighted by Crippen LogP contribution is 2.16. The number of hydrogen-bond acceptors (Lipinski definition) is 4. The number of morpholine rings is 1. The van der Waals surface area contributed by atoms with Gasteiger partial charge in [-0.1, -0.05) is 6.07 Å². The van der Waals surface area contributed by atoms with Gasteiger partial charge in [-0.25, -0.2) is 0 Å². The molecule has 110 valence electrons. The second kappa shape index (κ2) is 6.72. The van der Waals surface area contributed by atoms with Crippen LogP contribution in [0.1, 0.15) is 10.4 Å². The van der Waals surface area contributed by atoms with E-state index in [0.29, 0.717) is 19.7 Å². The van der Waals surface area contributed by atoms with Crippen molar-refractivity contribution in [1.29, 1.82) is 0 Å². The first kappa shape index (κ1) is 14.8. The van der Waals surface area contributed by atoms with Crippen molar-refractivity contribution in [2.24, 2.45) is 0 Å². The molecule has 1 amide bonds. The lowest BCUT2D eigenvalue weighted by Crippen LogP contribution is -2.48. The summed E-state index contributed by atoms with van der Waals surface area (Å²) in [4.78, 5) is 16.4. The Bertz CT molecular complexity index is 460. The van der Waals surface area contributed by atoms with Gasteiger partial charge in [0.1, 0.15) is 0 Å². The van der Waals surface area contributed by atoms with Crippen molar-refractivity contribution in [3.05, 3.63) is 29.8 Å². The van der Waals surface area contributed by atoms with Crippen LogP contribution in [0.3, 0.4) is 0 Å². The monoisotopic (exact) mass is 277 g/mol. The Hall–Kier alpha value is -1.59. The van der Waals surface area contributed by atoms with Gasteiger partial charge in [-0.05, 0) is 25.2 Å². The van der Waals surface area contributed by atoms with Gasteiger partial charge in [-0.3, -0.25) is 4.79 Å². The quantitative estimate of drug-likeness (QED) is 0.885. The highest BCUT2D eigenvalue weighted by atomic mass is 16.5. The van der Waals surface area contributed by atoms with Crippen LogP contribution in [0.25, 0.3) is 0 Å². The molecule has 1 heterocycles. The molecule has 20 heavy (non-hydrogen) atoms. The fraction of sp³-hybridized carbons (Fsp3) is 0.533. The van der Waals surface area contributed by atoms with Crippen molar-refractivity contribution in [2.75, 3.05) is 52.3 Å². The molecule has 1 aromatic rings. The number of rotatable bonds is 4. The van der Waals surface area contributed by atoms with E-state index < -0.39 is 0 Å². The van der Waals surface area contributed by atoms with E-state index in [-0.39, 0.29) is 12.0 Å². The zero-order valence-corrected chi connectivity index (χ0v) is 12.4. The first-order valence-electron chi connectivity index (χ1n) is 6.94. The van der Waals surface area contributed by atoms with E-state index in [9.17, 15) is 4.79 Å². The summed E-state index contributed by atoms with van der Waals surface area (Å²) in [6.07, 6.45) is 0.0785. The van der Waals surface area contributed by atoms with Crippen molar-refractivity contribution in [2.45, 2.75) is 6.10 Å². The number of amides is 1. The number of hydrogen-bond donors (Lipinski definition) is 1. The Kier molecular flexibility index (Phi) is 4.98. The third-order valence-corrected chi connectivity index (χ3v) is 3.47. The molecular weight excluding hydrogens is 254 g/mol. The van der Waals surface area contributed by atoms with Gasteiger partial charge in [0.25, 0.3) is 5.91 Å². The molecule has 1 aromatic carbocycles. The summed E-state index contributed by atoms with van der Waals surface area (Å²) in [6, 6.07) is 7.73. The van der Waals surface area contributed by atoms with Gasteiger partial charge in [0.05, 0.1) is 12.7 Å². The maximum Gasteiger partial charge on any atom is 0.254 e. The van der Waals surface area contributed by atoms with Crippen LogP contribution in [-0.4, -0.2) is 64.3 Å². The van der Waals surface area contributed by atoms with Crippen LogP contribution in [0.2, 0.25) is 0 Å². The topological polar surface area (TPSA) is 44.8 Å². The summed E-state index contributed by atoms with van der Waals surface area (Å²) in [5.41, 5.74) is 1.78. The number of anilines is 1. The van der Waals surface area contributed by atoms with E-state index in [2.05, 4.69) is 5.32 Å². The van der Waals surface area contributed by atoms with Crippen LogP contribution >= 0.6 is 0 Å². The molecule has 1 aliphatic rings. The molecule has 5 heteroatoms. The van der Waals surface area contributed by atoms with Gasteiger partial charge in [0.2, 0.25) is 0 Å². The van der Waals surface area contributed by atoms with Crippen LogP contribution in [0.4, 0.5) is 5.69 Å². The van der Waals surface area contributed by atoms with Crippen molar-refractivity contribution < 1.29 is 9.53 Å². The molecule has 0 aromatic heterocycles. The van der Waals surface area contributed by atoms with Crippen LogP contribution < -0.4 is 10.2 Å². The number of nitrogens with one attached hydrogen (secondary N) is 1. The smallest absolute Gasteiger partial charge is 0.254 e. The van der Waals surface area contributed by atoms with Gasteiger partial charge in [-0.2, -0.15) is 0 Å². The fourth-order valence-electron chi connectivity index (χ4n) is 2.35. The lowest BCUT2D eigenvalue weighted by molar-refractivity contribution is -0.0196. The summed E-state index contributed by atoms with van der Waals surface area (Å²) in [6.45, 7) is 2.67. The summed E-state index contributed by atoms with van der Waals surface area (Å²) >= 11 is 0. The maximum absolute atomic E-state index is 12.6. The lowest BCUT2D eigenvalue weighted by Gasteiger charge is -2.33. The van der Waals surface area contributed by atoms with Crippen LogP contribution in [0, 0.1) is 0 Å². The first-order valence-corrected chi connectivity index (χ1v) is 6.94. The van der Waals surface area contributed by atoms with Crippen LogP contribution in [0.5, 0.6) is 0 Å². The molecule has 1 fully saturated rings. The third kappa shape index (κ3) is 3.49. The number of benzene rings is 1. The zero-order chi connectivity index (χ0) is 14.5. The predicted octanol–water partition coefficient (Wildman–Crippen LogP) is 0.813. The normalized spacial score (nSPS) is 18.9. The lowest BCUT2D eigenvalue weighted by atomic mass is 10.1. The number of likely N-dealkylation sites (N-methyl/N-ethyl adjacent to an activating group) is 1. The van der Waals surface area contributed by atoms with Crippen molar-refractivity contribution in [1.82, 2.24) is 10.2 Å². The average molecular weight is 277 g/mol. The molecule has 1 atom stereocenters. The van der Waals surface area contributed by atoms with E-state index in [4.69, 9.17) is 4.74 Å². The molecule has 0 saturated carbocycles. The van der Waals surface area contributed by atoms with Crippen molar-refractivity contribution >= 4 is 11.6 Å². The molecule has 0 radical (unpaired) electrons. The Morgan fingerprint density at radius 2 is 2.30 bits per heavy atom. The summed E-state index contributed by atoms with van der Waals surface area (Å²) in [5.74, 6) is 0.0816. The Balaban J connectivity index is 2.08. The molecule has 5 nitrogen and oxygen atoms in total. The molecule has 0 spiro atoms. The van der Waals surface area contributed by atoms with Gasteiger partial charge in [0.15, 0.2) is 0 Å². The highest BCUT2D eigenvalue weighted by molar-refractivity contribution is 5.95. The molecule has 1 unspecified atom stereocenters. The minimum atomic E-state index is 0.0785. The van der Waals surface area contributed by atoms with Crippen molar-refractivity contribution in [3.63, 3.8) is 0 Å². The van der Waals surface area contributed by atoms with Crippen LogP contribution in [0.15, 0.2) is 24.3 Å². The summed E-state index contributed by atoms with van der Waals surface area (Å²) < 4.78 is 5.63. The second-order valence-electron chi connectivity index (χ2n) is 5.25. The minimum Gasteiger partial charge on any atom is -0.378 e. The highest BCUT2D eigenvalue weighted by Gasteiger charge is 2.24. The number of carbonyl (C=O) groups excluding carboxylic acids is 1. The third-order valence-electron chi connectivity index (χ3n) is 3.47. The van der Waals surface area contributed by atoms with Crippen molar-refractivity contribution in [3.8, 4) is 0 Å². The largest absolute Gasteiger partial charge is 0.378 e. The van der Waals surface area contributed by atoms with E-state index in [1.54, 1.807) is 0 Å². The minimum absolute atomic E-state index is 0.0785. The number of ether oxygens (including phenoxy) is 1. The van der Waals surface area contributed by atoms with Gasteiger partial charge < -0.3 is 19.9 Å². The standard InChI is InChI=1S/C15H23N3O2/c1-16-10-14-11-18(7-8-20-14)15(19)12-5-4-6-13(9-12)17(2)3/h4-6,9,14,16H,7-8,10-11H2,1-3H3. The summed E-state index contributed by atoms with van der Waals surface area (Å²) in [5, 5.41) is 3.09. The van der Waals surface area contributed by atoms with Gasteiger partial charge >= 0.3 is 0 Å². The molecule has 0 bridgehead atoms. The fourth-order valence-corrected chi connectivity index (χ4v) is 2.35. The number of carbonyl (C=O) groups is 1. The summed E-state index contributed by atoms with van der Waals surface area (Å²) in [7, 11) is 5.84. The molecule has 1 N–H and O–H groups in total. The SMILES string of the molecule is CNCC1CN(C(=O)c2cccc(N(C)C)c2)CCO1. The molecular formula is C15H23N3O2. The number of nitrogens with zero attached hydrogens (tertiary/aromatic N) is 2. The maximum atomic E-state index is 12.6. The van der Waals surface area contributed by atoms with Gasteiger partial charge in [-0.15, -0.1) is 0 Å². The Morgan fingerprint density at radius 1 is 1.50 bits per heavy atom. The van der Waals surface area contributed by atoms with E-state index in [1.807, 2.05) is 55.2 Å². The molecule has 1 saturated heterocycles. The molecule has 1 aliphatic heterocycles. The Morgan fingerprint density at radius 3 is 3.00 bits per heavy atom. The zero-order valence-electron chi connectivity index (χ0n) is 12.4. The van der Waals surface area contributed by atoms with E-state index in [1.165, 1.54) is 0 Å². The molecule has 0 aliphatic carbocycles. The van der Waals surface area contributed by atoms with E-state index >= 15 is 0 Å². The Labute approximate surface area is 120 Å².